The first-order valence-electron chi connectivity index (χ1n) is 4.81. The number of fused-ring (bicyclic) bond motifs is 3. The molecule has 2 aromatic rings. The third-order valence-electron chi connectivity index (χ3n) is 2.40. The van der Waals surface area contributed by atoms with Crippen LogP contribution in [0.2, 0.25) is 0 Å². The van der Waals surface area contributed by atoms with E-state index in [0.29, 0.717) is 5.95 Å². The molecular weight excluding hydrogens is 188 g/mol. The minimum absolute atomic E-state index is 0.712. The quantitative estimate of drug-likeness (QED) is 0.660. The van der Waals surface area contributed by atoms with Crippen molar-refractivity contribution in [2.45, 2.75) is 6.42 Å². The number of rotatable bonds is 0. The second-order valence-corrected chi connectivity index (χ2v) is 3.46. The summed E-state index contributed by atoms with van der Waals surface area (Å²) in [4.78, 5) is 8.69. The lowest BCUT2D eigenvalue weighted by molar-refractivity contribution is 1.15. The highest BCUT2D eigenvalue weighted by molar-refractivity contribution is 5.85. The largest absolute Gasteiger partial charge is 0.399 e. The maximum absolute atomic E-state index is 5.71. The minimum atomic E-state index is 0.712. The topological polar surface area (TPSA) is 56.2 Å². The summed E-state index contributed by atoms with van der Waals surface area (Å²) in [7, 11) is 0. The molecule has 1 aliphatic rings. The van der Waals surface area contributed by atoms with Crippen LogP contribution in [-0.2, 0) is 0 Å². The van der Waals surface area contributed by atoms with Gasteiger partial charge >= 0.3 is 0 Å². The van der Waals surface area contributed by atoms with Gasteiger partial charge in [0.2, 0.25) is 5.95 Å². The molecule has 0 amide bonds. The Morgan fingerprint density at radius 1 is 1.33 bits per heavy atom. The molecule has 0 saturated carbocycles. The molecule has 1 aliphatic heterocycles. The Hall–Kier alpha value is -2.10. The van der Waals surface area contributed by atoms with Crippen molar-refractivity contribution in [3.8, 4) is 0 Å². The summed E-state index contributed by atoms with van der Waals surface area (Å²) in [5.41, 5.74) is 8.35. The molecule has 0 atom stereocenters. The molecule has 4 nitrogen and oxygen atoms in total. The molecule has 2 N–H and O–H groups in total. The van der Waals surface area contributed by atoms with Gasteiger partial charge in [-0.25, -0.2) is 9.98 Å². The van der Waals surface area contributed by atoms with Crippen LogP contribution < -0.4 is 5.73 Å². The summed E-state index contributed by atoms with van der Waals surface area (Å²) in [5.74, 6) is 0.712. The number of aliphatic imine (C=N–C) groups is 1. The van der Waals surface area contributed by atoms with Crippen molar-refractivity contribution in [3.05, 3.63) is 24.3 Å². The molecule has 4 heteroatoms. The first kappa shape index (κ1) is 8.23. The van der Waals surface area contributed by atoms with E-state index in [9.17, 15) is 0 Å². The number of aromatic nitrogens is 2. The Morgan fingerprint density at radius 3 is 3.20 bits per heavy atom. The average Bonchev–Trinajstić information content (AvgIpc) is 2.42. The molecule has 0 unspecified atom stereocenters. The number of nitrogens with zero attached hydrogens (tertiary/aromatic N) is 3. The fourth-order valence-corrected chi connectivity index (χ4v) is 1.70. The zero-order valence-corrected chi connectivity index (χ0v) is 8.09. The van der Waals surface area contributed by atoms with E-state index in [1.807, 2.05) is 35.2 Å². The minimum Gasteiger partial charge on any atom is -0.399 e. The van der Waals surface area contributed by atoms with Crippen molar-refractivity contribution < 1.29 is 0 Å². The standard InChI is InChI=1S/C11H10N4/c12-8-3-4-10-9(7-8)14-11-13-5-1-2-6-15(10)11/h2-7H,1,12H2. The van der Waals surface area contributed by atoms with Crippen LogP contribution in [0.15, 0.2) is 29.3 Å². The lowest BCUT2D eigenvalue weighted by Crippen LogP contribution is -1.86. The van der Waals surface area contributed by atoms with E-state index in [2.05, 4.69) is 16.1 Å². The Morgan fingerprint density at radius 2 is 2.27 bits per heavy atom. The van der Waals surface area contributed by atoms with E-state index in [0.717, 1.165) is 23.1 Å². The van der Waals surface area contributed by atoms with Gasteiger partial charge in [-0.05, 0) is 18.2 Å². The number of nitrogens with two attached hydrogens (primary N) is 1. The van der Waals surface area contributed by atoms with Crippen molar-refractivity contribution in [1.82, 2.24) is 9.55 Å². The van der Waals surface area contributed by atoms with Crippen LogP contribution >= 0.6 is 0 Å². The molecule has 0 bridgehead atoms. The number of hydrogen-bond acceptors (Lipinski definition) is 3. The molecule has 0 saturated heterocycles. The van der Waals surface area contributed by atoms with Gasteiger partial charge in [-0.15, -0.1) is 0 Å². The molecule has 0 aliphatic carbocycles. The zero-order chi connectivity index (χ0) is 10.3. The van der Waals surface area contributed by atoms with Crippen molar-refractivity contribution in [1.29, 1.82) is 0 Å². The normalized spacial score (nSPS) is 14.1. The van der Waals surface area contributed by atoms with Crippen LogP contribution in [0, 0.1) is 0 Å². The van der Waals surface area contributed by atoms with Crippen LogP contribution in [0.4, 0.5) is 11.6 Å². The predicted octanol–water partition coefficient (Wildman–Crippen LogP) is 2.20. The van der Waals surface area contributed by atoms with Crippen LogP contribution in [0.3, 0.4) is 0 Å². The summed E-state index contributed by atoms with van der Waals surface area (Å²) in [5, 5.41) is 0. The van der Waals surface area contributed by atoms with Gasteiger partial charge in [0.25, 0.3) is 0 Å². The van der Waals surface area contributed by atoms with Crippen LogP contribution in [0.25, 0.3) is 17.2 Å². The summed E-state index contributed by atoms with van der Waals surface area (Å²) >= 11 is 0. The fourth-order valence-electron chi connectivity index (χ4n) is 1.70. The molecule has 74 valence electrons. The van der Waals surface area contributed by atoms with Gasteiger partial charge < -0.3 is 5.73 Å². The zero-order valence-electron chi connectivity index (χ0n) is 8.09. The van der Waals surface area contributed by atoms with Gasteiger partial charge in [0, 0.05) is 24.5 Å². The molecule has 1 aromatic heterocycles. The summed E-state index contributed by atoms with van der Waals surface area (Å²) < 4.78 is 1.97. The number of hydrogen-bond donors (Lipinski definition) is 1. The van der Waals surface area contributed by atoms with E-state index in [1.165, 1.54) is 0 Å². The van der Waals surface area contributed by atoms with E-state index in [4.69, 9.17) is 5.73 Å². The maximum atomic E-state index is 5.71. The van der Waals surface area contributed by atoms with E-state index in [-0.39, 0.29) is 0 Å². The predicted molar refractivity (Wildman–Crippen MR) is 62.2 cm³/mol. The monoisotopic (exact) mass is 198 g/mol. The molecule has 3 rings (SSSR count). The number of benzene rings is 1. The van der Waals surface area contributed by atoms with Gasteiger partial charge in [-0.2, -0.15) is 0 Å². The molecular formula is C11H10N4. The van der Waals surface area contributed by atoms with Crippen molar-refractivity contribution >= 4 is 35.1 Å². The molecule has 1 aromatic carbocycles. The van der Waals surface area contributed by atoms with Crippen LogP contribution in [0.5, 0.6) is 0 Å². The number of nitrogen functional groups attached to an aromatic ring is 1. The van der Waals surface area contributed by atoms with Crippen molar-refractivity contribution in [2.24, 2.45) is 4.99 Å². The maximum Gasteiger partial charge on any atom is 0.234 e. The molecule has 2 heterocycles. The average molecular weight is 198 g/mol. The van der Waals surface area contributed by atoms with E-state index >= 15 is 0 Å². The van der Waals surface area contributed by atoms with Crippen molar-refractivity contribution in [2.75, 3.05) is 5.73 Å². The Balaban J connectivity index is 2.38. The first-order chi connectivity index (χ1) is 7.34. The Kier molecular flexibility index (Phi) is 1.62. The van der Waals surface area contributed by atoms with Gasteiger partial charge in [0.15, 0.2) is 0 Å². The summed E-state index contributed by atoms with van der Waals surface area (Å²) in [6, 6.07) is 5.70. The SMILES string of the molecule is Nc1ccc2c(c1)nc1n2C=CCC=N1. The second-order valence-electron chi connectivity index (χ2n) is 3.46. The molecule has 0 fully saturated rings. The smallest absolute Gasteiger partial charge is 0.234 e. The van der Waals surface area contributed by atoms with E-state index in [1.54, 1.807) is 0 Å². The summed E-state index contributed by atoms with van der Waals surface area (Å²) in [6.07, 6.45) is 6.75. The second kappa shape index (κ2) is 2.95. The molecule has 15 heavy (non-hydrogen) atoms. The van der Waals surface area contributed by atoms with Crippen molar-refractivity contribution in [3.63, 3.8) is 0 Å². The first-order valence-corrected chi connectivity index (χ1v) is 4.81. The Bertz CT molecular complexity index is 578. The lowest BCUT2D eigenvalue weighted by atomic mass is 10.3. The third-order valence-corrected chi connectivity index (χ3v) is 2.40. The van der Waals surface area contributed by atoms with Gasteiger partial charge in [-0.3, -0.25) is 4.57 Å². The summed E-state index contributed by atoms with van der Waals surface area (Å²) in [6.45, 7) is 0. The van der Waals surface area contributed by atoms with Gasteiger partial charge in [-0.1, -0.05) is 6.08 Å². The molecule has 0 spiro atoms. The number of imidazole rings is 1. The third kappa shape index (κ3) is 1.22. The van der Waals surface area contributed by atoms with Gasteiger partial charge in [0.05, 0.1) is 11.0 Å². The number of anilines is 1. The lowest BCUT2D eigenvalue weighted by Gasteiger charge is -1.97. The number of allylic oxidation sites excluding steroid dienone is 1. The highest BCUT2D eigenvalue weighted by Crippen LogP contribution is 2.24. The van der Waals surface area contributed by atoms with Crippen LogP contribution in [0.1, 0.15) is 6.42 Å². The highest BCUT2D eigenvalue weighted by atomic mass is 15.2. The van der Waals surface area contributed by atoms with Crippen LogP contribution in [-0.4, -0.2) is 15.8 Å². The molecule has 0 radical (unpaired) electrons. The fraction of sp³-hybridized carbons (Fsp3) is 0.0909. The van der Waals surface area contributed by atoms with Gasteiger partial charge in [0.1, 0.15) is 0 Å². The Labute approximate surface area is 86.8 Å². The highest BCUT2D eigenvalue weighted by Gasteiger charge is 2.08. The van der Waals surface area contributed by atoms with E-state index < -0.39 is 0 Å².